The molecule has 7 heteroatoms. The van der Waals surface area contributed by atoms with Crippen molar-refractivity contribution in [3.8, 4) is 0 Å². The van der Waals surface area contributed by atoms with Crippen molar-refractivity contribution in [1.29, 1.82) is 0 Å². The first-order valence-electron chi connectivity index (χ1n) is 6.81. The highest BCUT2D eigenvalue weighted by molar-refractivity contribution is 7.81. The van der Waals surface area contributed by atoms with E-state index < -0.39 is 7.60 Å². The SMILES string of the molecule is CC(=O)N[C@@H](CC(C)C)[C@H]1CC=C(P(=O)(O)O)C[C@H]1S. The molecule has 1 amide bonds. The van der Waals surface area contributed by atoms with E-state index >= 15 is 0 Å². The van der Waals surface area contributed by atoms with Gasteiger partial charge in [0.05, 0.1) is 0 Å². The molecule has 0 fully saturated rings. The van der Waals surface area contributed by atoms with Crippen LogP contribution in [-0.4, -0.2) is 27.0 Å². The Morgan fingerprint density at radius 3 is 2.55 bits per heavy atom. The minimum absolute atomic E-state index is 0.00966. The van der Waals surface area contributed by atoms with E-state index in [-0.39, 0.29) is 34.9 Å². The summed E-state index contributed by atoms with van der Waals surface area (Å²) in [6, 6.07) is -0.00966. The lowest BCUT2D eigenvalue weighted by atomic mass is 9.83. The summed E-state index contributed by atoms with van der Waals surface area (Å²) in [6.07, 6.45) is 3.26. The van der Waals surface area contributed by atoms with Crippen LogP contribution in [0.1, 0.15) is 40.0 Å². The summed E-state index contributed by atoms with van der Waals surface area (Å²) in [5.41, 5.74) is 0. The highest BCUT2D eigenvalue weighted by Gasteiger charge is 2.35. The predicted molar refractivity (Wildman–Crippen MR) is 82.7 cm³/mol. The molecule has 0 aromatic rings. The van der Waals surface area contributed by atoms with Gasteiger partial charge in [0.15, 0.2) is 0 Å². The smallest absolute Gasteiger partial charge is 0.351 e. The maximum Gasteiger partial charge on any atom is 0.351 e. The van der Waals surface area contributed by atoms with Gasteiger partial charge in [0.1, 0.15) is 0 Å². The lowest BCUT2D eigenvalue weighted by Crippen LogP contribution is -2.44. The molecule has 116 valence electrons. The first-order chi connectivity index (χ1) is 9.11. The van der Waals surface area contributed by atoms with Crippen molar-refractivity contribution in [2.24, 2.45) is 11.8 Å². The first-order valence-corrected chi connectivity index (χ1v) is 8.94. The molecule has 0 saturated carbocycles. The molecule has 0 heterocycles. The average Bonchev–Trinajstić information content (AvgIpc) is 2.25. The molecule has 5 nitrogen and oxygen atoms in total. The van der Waals surface area contributed by atoms with E-state index in [2.05, 4.69) is 31.8 Å². The minimum atomic E-state index is -4.17. The van der Waals surface area contributed by atoms with E-state index in [0.29, 0.717) is 12.3 Å². The largest absolute Gasteiger partial charge is 0.353 e. The molecule has 0 radical (unpaired) electrons. The lowest BCUT2D eigenvalue weighted by molar-refractivity contribution is -0.120. The average molecular weight is 321 g/mol. The zero-order chi connectivity index (χ0) is 15.5. The van der Waals surface area contributed by atoms with E-state index in [1.54, 1.807) is 6.08 Å². The molecule has 20 heavy (non-hydrogen) atoms. The third-order valence-corrected chi connectivity index (χ3v) is 5.22. The molecule has 1 aliphatic rings. The Morgan fingerprint density at radius 1 is 1.55 bits per heavy atom. The number of hydrogen-bond donors (Lipinski definition) is 4. The highest BCUT2D eigenvalue weighted by atomic mass is 32.1. The summed E-state index contributed by atoms with van der Waals surface area (Å²) in [4.78, 5) is 29.8. The van der Waals surface area contributed by atoms with Crippen LogP contribution in [0.15, 0.2) is 11.4 Å². The third kappa shape index (κ3) is 5.24. The summed E-state index contributed by atoms with van der Waals surface area (Å²) < 4.78 is 11.3. The van der Waals surface area contributed by atoms with Gasteiger partial charge in [0, 0.05) is 23.5 Å². The van der Waals surface area contributed by atoms with Gasteiger partial charge in [-0.1, -0.05) is 19.9 Å². The van der Waals surface area contributed by atoms with Gasteiger partial charge in [0.2, 0.25) is 5.91 Å². The van der Waals surface area contributed by atoms with Gasteiger partial charge < -0.3 is 15.1 Å². The first kappa shape index (κ1) is 17.8. The van der Waals surface area contributed by atoms with Gasteiger partial charge in [-0.25, -0.2) is 0 Å². The van der Waals surface area contributed by atoms with Crippen LogP contribution in [0.2, 0.25) is 0 Å². The zero-order valence-electron chi connectivity index (χ0n) is 12.1. The van der Waals surface area contributed by atoms with E-state index in [1.165, 1.54) is 6.92 Å². The predicted octanol–water partition coefficient (Wildman–Crippen LogP) is 2.31. The molecule has 3 atom stereocenters. The normalized spacial score (nSPS) is 25.2. The number of carbonyl (C=O) groups excluding carboxylic acids is 1. The van der Waals surface area contributed by atoms with Gasteiger partial charge in [-0.3, -0.25) is 9.36 Å². The number of thiol groups is 1. The van der Waals surface area contributed by atoms with Crippen LogP contribution in [0.5, 0.6) is 0 Å². The molecule has 0 aromatic heterocycles. The zero-order valence-corrected chi connectivity index (χ0v) is 13.9. The van der Waals surface area contributed by atoms with E-state index in [1.807, 2.05) is 0 Å². The van der Waals surface area contributed by atoms with Crippen molar-refractivity contribution in [3.05, 3.63) is 11.4 Å². The Bertz CT molecular complexity index is 432. The molecule has 3 N–H and O–H groups in total. The van der Waals surface area contributed by atoms with E-state index in [9.17, 15) is 19.1 Å². The van der Waals surface area contributed by atoms with Gasteiger partial charge >= 0.3 is 7.60 Å². The van der Waals surface area contributed by atoms with Crippen LogP contribution in [-0.2, 0) is 9.36 Å². The van der Waals surface area contributed by atoms with Crippen LogP contribution < -0.4 is 5.32 Å². The van der Waals surface area contributed by atoms with Crippen molar-refractivity contribution < 1.29 is 19.1 Å². The number of allylic oxidation sites excluding steroid dienone is 2. The molecular weight excluding hydrogens is 297 g/mol. The van der Waals surface area contributed by atoms with Gasteiger partial charge in [0.25, 0.3) is 0 Å². The molecule has 0 saturated heterocycles. The standard InChI is InChI=1S/C13H24NO4PS/c1-8(2)6-12(14-9(3)15)11-5-4-10(7-13(11)20)19(16,17)18/h4,8,11-13,20H,5-7H2,1-3H3,(H,14,15)(H2,16,17,18)/t11-,12+,13-/m1/s1. The second-order valence-electron chi connectivity index (χ2n) is 5.85. The fraction of sp³-hybridized carbons (Fsp3) is 0.769. The molecule has 0 aromatic carbocycles. The Labute approximate surface area is 125 Å². The molecule has 0 unspecified atom stereocenters. The fourth-order valence-corrected chi connectivity index (χ4v) is 4.11. The van der Waals surface area contributed by atoms with Crippen LogP contribution in [0, 0.1) is 11.8 Å². The van der Waals surface area contributed by atoms with Gasteiger partial charge in [-0.05, 0) is 31.1 Å². The van der Waals surface area contributed by atoms with Crippen LogP contribution >= 0.6 is 20.2 Å². The number of nitrogens with one attached hydrogen (secondary N) is 1. The molecule has 0 spiro atoms. The fourth-order valence-electron chi connectivity index (χ4n) is 2.66. The maximum atomic E-state index is 11.3. The number of hydrogen-bond acceptors (Lipinski definition) is 3. The Hall–Kier alpha value is -0.290. The minimum Gasteiger partial charge on any atom is -0.353 e. The molecule has 1 rings (SSSR count). The molecule has 0 bridgehead atoms. The summed E-state index contributed by atoms with van der Waals surface area (Å²) in [5, 5.41) is 2.97. The highest BCUT2D eigenvalue weighted by Crippen LogP contribution is 2.51. The third-order valence-electron chi connectivity index (χ3n) is 3.54. The quantitative estimate of drug-likeness (QED) is 0.462. The second kappa shape index (κ2) is 7.12. The topological polar surface area (TPSA) is 86.6 Å². The van der Waals surface area contributed by atoms with Crippen molar-refractivity contribution in [2.75, 3.05) is 0 Å². The summed E-state index contributed by atoms with van der Waals surface area (Å²) in [7, 11) is -4.17. The Kier molecular flexibility index (Phi) is 6.32. The summed E-state index contributed by atoms with van der Waals surface area (Å²) in [6.45, 7) is 5.66. The second-order valence-corrected chi connectivity index (χ2v) is 8.17. The van der Waals surface area contributed by atoms with Crippen molar-refractivity contribution in [2.45, 2.75) is 51.3 Å². The summed E-state index contributed by atoms with van der Waals surface area (Å²) >= 11 is 4.50. The maximum absolute atomic E-state index is 11.3. The van der Waals surface area contributed by atoms with Crippen LogP contribution in [0.25, 0.3) is 0 Å². The Balaban J connectivity index is 2.85. The summed E-state index contributed by atoms with van der Waals surface area (Å²) in [5.74, 6) is 0.445. The number of rotatable bonds is 5. The van der Waals surface area contributed by atoms with E-state index in [0.717, 1.165) is 6.42 Å². The number of carbonyl (C=O) groups is 1. The number of amides is 1. The molecule has 1 aliphatic carbocycles. The van der Waals surface area contributed by atoms with Crippen molar-refractivity contribution in [1.82, 2.24) is 5.32 Å². The van der Waals surface area contributed by atoms with E-state index in [4.69, 9.17) is 0 Å². The van der Waals surface area contributed by atoms with Crippen molar-refractivity contribution >= 4 is 26.1 Å². The van der Waals surface area contributed by atoms with Gasteiger partial charge in [-0.2, -0.15) is 12.6 Å². The van der Waals surface area contributed by atoms with Crippen LogP contribution in [0.4, 0.5) is 0 Å². The van der Waals surface area contributed by atoms with Crippen molar-refractivity contribution in [3.63, 3.8) is 0 Å². The molecular formula is C13H24NO4PS. The molecule has 0 aliphatic heterocycles. The lowest BCUT2D eigenvalue weighted by Gasteiger charge is -2.35. The van der Waals surface area contributed by atoms with Gasteiger partial charge in [-0.15, -0.1) is 0 Å². The monoisotopic (exact) mass is 321 g/mol. The Morgan fingerprint density at radius 2 is 2.15 bits per heavy atom. The van der Waals surface area contributed by atoms with Crippen LogP contribution in [0.3, 0.4) is 0 Å².